The Morgan fingerprint density at radius 1 is 1.60 bits per heavy atom. The number of methoxy groups -OCH3 is 1. The van der Waals surface area contributed by atoms with Crippen LogP contribution < -0.4 is 5.73 Å². The van der Waals surface area contributed by atoms with Crippen molar-refractivity contribution in [1.82, 2.24) is 4.57 Å². The average Bonchev–Trinajstić information content (AvgIpc) is 2.50. The van der Waals surface area contributed by atoms with Crippen molar-refractivity contribution >= 4 is 5.97 Å². The van der Waals surface area contributed by atoms with Gasteiger partial charge in [0.2, 0.25) is 0 Å². The van der Waals surface area contributed by atoms with Crippen LogP contribution in [0.15, 0.2) is 6.07 Å². The van der Waals surface area contributed by atoms with Crippen molar-refractivity contribution in [2.45, 2.75) is 19.8 Å². The first-order valence-corrected chi connectivity index (χ1v) is 5.05. The minimum atomic E-state index is -0.283. The number of rotatable bonds is 4. The summed E-state index contributed by atoms with van der Waals surface area (Å²) in [6.45, 7) is 2.58. The van der Waals surface area contributed by atoms with E-state index in [2.05, 4.69) is 0 Å². The van der Waals surface area contributed by atoms with E-state index in [4.69, 9.17) is 10.5 Å². The summed E-state index contributed by atoms with van der Waals surface area (Å²) < 4.78 is 6.62. The van der Waals surface area contributed by atoms with Crippen molar-refractivity contribution < 1.29 is 9.53 Å². The Hall–Kier alpha value is -1.29. The van der Waals surface area contributed by atoms with E-state index in [0.29, 0.717) is 12.2 Å². The second kappa shape index (κ2) is 4.98. The lowest BCUT2D eigenvalue weighted by molar-refractivity contribution is 0.0588. The third kappa shape index (κ3) is 2.39. The molecule has 0 bridgehead atoms. The first-order chi connectivity index (χ1) is 7.11. The smallest absolute Gasteiger partial charge is 0.354 e. The Balaban J connectivity index is 2.98. The van der Waals surface area contributed by atoms with Crippen molar-refractivity contribution in [2.75, 3.05) is 13.7 Å². The summed E-state index contributed by atoms with van der Waals surface area (Å²) in [7, 11) is 3.28. The second-order valence-electron chi connectivity index (χ2n) is 3.61. The maximum atomic E-state index is 11.5. The van der Waals surface area contributed by atoms with Crippen LogP contribution in [0, 0.1) is 6.92 Å². The summed E-state index contributed by atoms with van der Waals surface area (Å²) >= 11 is 0. The number of carbonyl (C=O) groups is 1. The Morgan fingerprint density at radius 2 is 2.27 bits per heavy atom. The van der Waals surface area contributed by atoms with Gasteiger partial charge in [0, 0.05) is 12.7 Å². The number of esters is 1. The monoisotopic (exact) mass is 210 g/mol. The first kappa shape index (κ1) is 11.8. The topological polar surface area (TPSA) is 57.2 Å². The fourth-order valence-corrected chi connectivity index (χ4v) is 1.74. The Kier molecular flexibility index (Phi) is 3.91. The molecule has 0 fully saturated rings. The number of hydrogen-bond acceptors (Lipinski definition) is 3. The number of nitrogens with zero attached hydrogens (tertiary/aromatic N) is 1. The zero-order valence-electron chi connectivity index (χ0n) is 9.54. The van der Waals surface area contributed by atoms with Crippen LogP contribution in [0.2, 0.25) is 0 Å². The third-order valence-corrected chi connectivity index (χ3v) is 2.54. The lowest BCUT2D eigenvalue weighted by Crippen LogP contribution is -2.11. The molecule has 0 spiro atoms. The summed E-state index contributed by atoms with van der Waals surface area (Å²) in [5.74, 6) is -0.283. The number of aromatic nitrogens is 1. The molecule has 2 N–H and O–H groups in total. The highest BCUT2D eigenvalue weighted by Gasteiger charge is 2.16. The molecule has 0 aliphatic heterocycles. The molecule has 0 radical (unpaired) electrons. The summed E-state index contributed by atoms with van der Waals surface area (Å²) in [5, 5.41) is 0. The molecule has 84 valence electrons. The third-order valence-electron chi connectivity index (χ3n) is 2.54. The van der Waals surface area contributed by atoms with Crippen LogP contribution in [-0.4, -0.2) is 24.2 Å². The normalized spacial score (nSPS) is 10.4. The molecular formula is C11H18N2O2. The number of hydrogen-bond donors (Lipinski definition) is 1. The van der Waals surface area contributed by atoms with Gasteiger partial charge in [-0.1, -0.05) is 0 Å². The molecule has 0 aliphatic carbocycles. The SMILES string of the molecule is COC(=O)c1c(C)cc(CCCN)n1C. The van der Waals surface area contributed by atoms with Crippen LogP contribution in [-0.2, 0) is 18.2 Å². The molecule has 0 aromatic carbocycles. The van der Waals surface area contributed by atoms with Crippen molar-refractivity contribution in [3.8, 4) is 0 Å². The predicted molar refractivity (Wildman–Crippen MR) is 58.9 cm³/mol. The van der Waals surface area contributed by atoms with E-state index in [1.165, 1.54) is 7.11 Å². The molecule has 4 heteroatoms. The zero-order chi connectivity index (χ0) is 11.4. The van der Waals surface area contributed by atoms with E-state index in [1.54, 1.807) is 0 Å². The molecule has 0 saturated carbocycles. The molecule has 1 rings (SSSR count). The van der Waals surface area contributed by atoms with E-state index in [9.17, 15) is 4.79 Å². The minimum absolute atomic E-state index is 0.283. The highest BCUT2D eigenvalue weighted by molar-refractivity contribution is 5.89. The van der Waals surface area contributed by atoms with Gasteiger partial charge >= 0.3 is 5.97 Å². The lowest BCUT2D eigenvalue weighted by Gasteiger charge is -2.06. The lowest BCUT2D eigenvalue weighted by atomic mass is 10.2. The molecule has 0 atom stereocenters. The van der Waals surface area contributed by atoms with Crippen molar-refractivity contribution in [2.24, 2.45) is 12.8 Å². The Morgan fingerprint density at radius 3 is 2.80 bits per heavy atom. The number of nitrogens with two attached hydrogens (primary N) is 1. The van der Waals surface area contributed by atoms with Crippen LogP contribution >= 0.6 is 0 Å². The molecule has 0 saturated heterocycles. The van der Waals surface area contributed by atoms with Gasteiger partial charge < -0.3 is 15.0 Å². The molecule has 0 aliphatic rings. The summed E-state index contributed by atoms with van der Waals surface area (Å²) in [4.78, 5) is 11.5. The molecular weight excluding hydrogens is 192 g/mol. The van der Waals surface area contributed by atoms with E-state index in [1.807, 2.05) is 24.6 Å². The van der Waals surface area contributed by atoms with Crippen LogP contribution in [0.3, 0.4) is 0 Å². The van der Waals surface area contributed by atoms with E-state index in [-0.39, 0.29) is 5.97 Å². The number of aryl methyl sites for hydroxylation is 2. The largest absolute Gasteiger partial charge is 0.464 e. The summed E-state index contributed by atoms with van der Waals surface area (Å²) in [5.41, 5.74) is 8.16. The van der Waals surface area contributed by atoms with Crippen molar-refractivity contribution in [1.29, 1.82) is 0 Å². The van der Waals surface area contributed by atoms with E-state index >= 15 is 0 Å². The molecule has 0 unspecified atom stereocenters. The van der Waals surface area contributed by atoms with Crippen molar-refractivity contribution in [3.63, 3.8) is 0 Å². The molecule has 1 aromatic heterocycles. The standard InChI is InChI=1S/C11H18N2O2/c1-8-7-9(5-4-6-12)13(2)10(8)11(14)15-3/h7H,4-6,12H2,1-3H3. The first-order valence-electron chi connectivity index (χ1n) is 5.05. The van der Waals surface area contributed by atoms with Gasteiger partial charge in [0.1, 0.15) is 5.69 Å². The number of ether oxygens (including phenoxy) is 1. The average molecular weight is 210 g/mol. The van der Waals surface area contributed by atoms with Gasteiger partial charge in [-0.2, -0.15) is 0 Å². The van der Waals surface area contributed by atoms with Crippen LogP contribution in [0.5, 0.6) is 0 Å². The molecule has 4 nitrogen and oxygen atoms in total. The maximum Gasteiger partial charge on any atom is 0.354 e. The summed E-state index contributed by atoms with van der Waals surface area (Å²) in [6, 6.07) is 2.02. The molecule has 1 aromatic rings. The van der Waals surface area contributed by atoms with Crippen LogP contribution in [0.4, 0.5) is 0 Å². The maximum absolute atomic E-state index is 11.5. The highest BCUT2D eigenvalue weighted by Crippen LogP contribution is 2.16. The molecule has 0 amide bonds. The van der Waals surface area contributed by atoms with Gasteiger partial charge in [0.05, 0.1) is 7.11 Å². The Labute approximate surface area is 90.0 Å². The van der Waals surface area contributed by atoms with Crippen molar-refractivity contribution in [3.05, 3.63) is 23.0 Å². The van der Waals surface area contributed by atoms with Gasteiger partial charge in [-0.25, -0.2) is 4.79 Å². The van der Waals surface area contributed by atoms with Gasteiger partial charge in [0.15, 0.2) is 0 Å². The molecule has 15 heavy (non-hydrogen) atoms. The highest BCUT2D eigenvalue weighted by atomic mass is 16.5. The van der Waals surface area contributed by atoms with E-state index < -0.39 is 0 Å². The predicted octanol–water partition coefficient (Wildman–Crippen LogP) is 1.01. The van der Waals surface area contributed by atoms with Gasteiger partial charge in [-0.15, -0.1) is 0 Å². The van der Waals surface area contributed by atoms with Gasteiger partial charge in [-0.3, -0.25) is 0 Å². The molecule has 1 heterocycles. The van der Waals surface area contributed by atoms with Crippen LogP contribution in [0.1, 0.15) is 28.2 Å². The van der Waals surface area contributed by atoms with E-state index in [0.717, 1.165) is 24.1 Å². The second-order valence-corrected chi connectivity index (χ2v) is 3.61. The fraction of sp³-hybridized carbons (Fsp3) is 0.545. The fourth-order valence-electron chi connectivity index (χ4n) is 1.74. The summed E-state index contributed by atoms with van der Waals surface area (Å²) in [6.07, 6.45) is 1.82. The van der Waals surface area contributed by atoms with Gasteiger partial charge in [-0.05, 0) is 37.9 Å². The minimum Gasteiger partial charge on any atom is -0.464 e. The quantitative estimate of drug-likeness (QED) is 0.755. The number of carbonyl (C=O) groups excluding carboxylic acids is 1. The zero-order valence-corrected chi connectivity index (χ0v) is 9.54. The Bertz CT molecular complexity index is 356. The van der Waals surface area contributed by atoms with Crippen LogP contribution in [0.25, 0.3) is 0 Å². The van der Waals surface area contributed by atoms with Gasteiger partial charge in [0.25, 0.3) is 0 Å².